The molecule has 0 radical (unpaired) electrons. The van der Waals surface area contributed by atoms with E-state index in [0.717, 1.165) is 4.90 Å². The highest BCUT2D eigenvalue weighted by Gasteiger charge is 2.17. The maximum atomic E-state index is 11.7. The molecular weight excluding hydrogens is 276 g/mol. The number of aliphatic carboxylic acids is 1. The summed E-state index contributed by atoms with van der Waals surface area (Å²) < 4.78 is 0. The van der Waals surface area contributed by atoms with Gasteiger partial charge < -0.3 is 15.8 Å². The number of nitrogen functional groups attached to an aromatic ring is 1. The fourth-order valence-electron chi connectivity index (χ4n) is 1.84. The second-order valence-corrected chi connectivity index (χ2v) is 5.37. The highest BCUT2D eigenvalue weighted by atomic mass is 32.2. The molecule has 104 valence electrons. The van der Waals surface area contributed by atoms with E-state index in [1.807, 2.05) is 30.3 Å². The van der Waals surface area contributed by atoms with Crippen molar-refractivity contribution in [2.24, 2.45) is 0 Å². The first kappa shape index (κ1) is 14.2. The van der Waals surface area contributed by atoms with Crippen molar-refractivity contribution >= 4 is 23.4 Å². The molecule has 0 fully saturated rings. The number of nitrogens with two attached hydrogens (primary N) is 1. The maximum absolute atomic E-state index is 11.7. The van der Waals surface area contributed by atoms with Gasteiger partial charge in [-0.1, -0.05) is 30.0 Å². The third kappa shape index (κ3) is 3.03. The number of aromatic amines is 1. The Kier molecular flexibility index (Phi) is 4.14. The van der Waals surface area contributed by atoms with Gasteiger partial charge in [0, 0.05) is 15.5 Å². The van der Waals surface area contributed by atoms with E-state index in [1.54, 1.807) is 6.92 Å². The number of carbonyl (C=O) groups is 1. The third-order valence-corrected chi connectivity index (χ3v) is 3.99. The molecule has 1 aromatic heterocycles. The molecule has 0 spiro atoms. The molecule has 0 saturated heterocycles. The predicted octanol–water partition coefficient (Wildman–Crippen LogP) is 2.04. The van der Waals surface area contributed by atoms with Gasteiger partial charge in [0.1, 0.15) is 5.69 Å². The Morgan fingerprint density at radius 3 is 2.60 bits per heavy atom. The van der Waals surface area contributed by atoms with Crippen LogP contribution in [0.5, 0.6) is 0 Å². The Morgan fingerprint density at radius 1 is 1.35 bits per heavy atom. The van der Waals surface area contributed by atoms with E-state index in [4.69, 9.17) is 10.8 Å². The van der Waals surface area contributed by atoms with Gasteiger partial charge in [-0.15, -0.1) is 0 Å². The lowest BCUT2D eigenvalue weighted by Gasteiger charge is -2.12. The molecule has 20 heavy (non-hydrogen) atoms. The van der Waals surface area contributed by atoms with Crippen LogP contribution in [-0.4, -0.2) is 16.1 Å². The van der Waals surface area contributed by atoms with Gasteiger partial charge in [-0.2, -0.15) is 0 Å². The molecule has 0 aliphatic carbocycles. The van der Waals surface area contributed by atoms with Crippen molar-refractivity contribution in [3.05, 3.63) is 51.9 Å². The number of anilines is 1. The van der Waals surface area contributed by atoms with Gasteiger partial charge in [0.05, 0.1) is 6.42 Å². The van der Waals surface area contributed by atoms with Crippen molar-refractivity contribution < 1.29 is 9.90 Å². The summed E-state index contributed by atoms with van der Waals surface area (Å²) in [5.74, 6) is -0.963. The first-order chi connectivity index (χ1) is 9.49. The number of aryl methyl sites for hydroxylation is 1. The average molecular weight is 290 g/mol. The number of pyridine rings is 1. The molecule has 0 aliphatic rings. The van der Waals surface area contributed by atoms with Crippen LogP contribution in [0.1, 0.15) is 11.3 Å². The van der Waals surface area contributed by atoms with Crippen molar-refractivity contribution in [2.75, 3.05) is 5.73 Å². The van der Waals surface area contributed by atoms with Crippen molar-refractivity contribution in [1.29, 1.82) is 0 Å². The molecular formula is C14H14N2O3S. The zero-order valence-corrected chi connectivity index (χ0v) is 11.7. The molecule has 1 heterocycles. The number of benzene rings is 1. The average Bonchev–Trinajstić information content (AvgIpc) is 2.41. The molecule has 2 aromatic rings. The van der Waals surface area contributed by atoms with E-state index < -0.39 is 11.5 Å². The highest BCUT2D eigenvalue weighted by Crippen LogP contribution is 2.34. The number of carboxylic acid groups (broad SMARTS) is 1. The van der Waals surface area contributed by atoms with Crippen LogP contribution < -0.4 is 11.3 Å². The summed E-state index contributed by atoms with van der Waals surface area (Å²) in [5.41, 5.74) is 6.56. The van der Waals surface area contributed by atoms with E-state index in [-0.39, 0.29) is 12.1 Å². The van der Waals surface area contributed by atoms with Gasteiger partial charge in [-0.05, 0) is 24.6 Å². The standard InChI is InChI=1S/C14H14N2O3S/c1-8-10(7-11(17)18)13(12(15)14(19)16-8)20-9-5-3-2-4-6-9/h2-6H,7,15H2,1H3,(H,16,19)(H,17,18). The summed E-state index contributed by atoms with van der Waals surface area (Å²) in [6.45, 7) is 1.67. The van der Waals surface area contributed by atoms with Crippen LogP contribution in [0.15, 0.2) is 44.9 Å². The maximum Gasteiger partial charge on any atom is 0.307 e. The van der Waals surface area contributed by atoms with Crippen LogP contribution in [0.4, 0.5) is 5.69 Å². The third-order valence-electron chi connectivity index (χ3n) is 2.81. The summed E-state index contributed by atoms with van der Waals surface area (Å²) in [5, 5.41) is 9.00. The molecule has 0 bridgehead atoms. The molecule has 5 nitrogen and oxygen atoms in total. The number of hydrogen-bond donors (Lipinski definition) is 3. The summed E-state index contributed by atoms with van der Waals surface area (Å²) in [7, 11) is 0. The lowest BCUT2D eigenvalue weighted by molar-refractivity contribution is -0.136. The topological polar surface area (TPSA) is 96.2 Å². The monoisotopic (exact) mass is 290 g/mol. The summed E-state index contributed by atoms with van der Waals surface area (Å²) >= 11 is 1.30. The fraction of sp³-hybridized carbons (Fsp3) is 0.143. The number of rotatable bonds is 4. The number of aromatic nitrogens is 1. The van der Waals surface area contributed by atoms with Gasteiger partial charge in [-0.25, -0.2) is 0 Å². The molecule has 2 rings (SSSR count). The number of nitrogens with one attached hydrogen (secondary N) is 1. The highest BCUT2D eigenvalue weighted by molar-refractivity contribution is 7.99. The lowest BCUT2D eigenvalue weighted by Crippen LogP contribution is -2.18. The quantitative estimate of drug-likeness (QED) is 0.800. The van der Waals surface area contributed by atoms with Gasteiger partial charge in [0.25, 0.3) is 5.56 Å². The summed E-state index contributed by atoms with van der Waals surface area (Å²) in [4.78, 5) is 26.7. The van der Waals surface area contributed by atoms with Crippen LogP contribution >= 0.6 is 11.8 Å². The van der Waals surface area contributed by atoms with Gasteiger partial charge in [0.15, 0.2) is 0 Å². The van der Waals surface area contributed by atoms with Crippen LogP contribution in [0, 0.1) is 6.92 Å². The number of carboxylic acids is 1. The summed E-state index contributed by atoms with van der Waals surface area (Å²) in [6.07, 6.45) is -0.179. The molecule has 0 amide bonds. The molecule has 0 unspecified atom stereocenters. The molecule has 0 saturated carbocycles. The zero-order valence-electron chi connectivity index (χ0n) is 10.8. The van der Waals surface area contributed by atoms with Gasteiger partial charge >= 0.3 is 5.97 Å². The normalized spacial score (nSPS) is 10.4. The zero-order chi connectivity index (χ0) is 14.7. The Bertz CT molecular complexity index is 696. The van der Waals surface area contributed by atoms with Crippen LogP contribution in [0.2, 0.25) is 0 Å². The Balaban J connectivity index is 2.54. The SMILES string of the molecule is Cc1[nH]c(=O)c(N)c(Sc2ccccc2)c1CC(=O)O. The Hall–Kier alpha value is -2.21. The van der Waals surface area contributed by atoms with E-state index in [1.165, 1.54) is 11.8 Å². The smallest absolute Gasteiger partial charge is 0.307 e. The first-order valence-electron chi connectivity index (χ1n) is 5.95. The van der Waals surface area contributed by atoms with Crippen molar-refractivity contribution in [3.8, 4) is 0 Å². The van der Waals surface area contributed by atoms with Crippen molar-refractivity contribution in [1.82, 2.24) is 4.98 Å². The largest absolute Gasteiger partial charge is 0.481 e. The minimum absolute atomic E-state index is 0.0562. The minimum Gasteiger partial charge on any atom is -0.481 e. The van der Waals surface area contributed by atoms with Crippen LogP contribution in [-0.2, 0) is 11.2 Å². The first-order valence-corrected chi connectivity index (χ1v) is 6.76. The lowest BCUT2D eigenvalue weighted by atomic mass is 10.1. The van der Waals surface area contributed by atoms with Crippen LogP contribution in [0.3, 0.4) is 0 Å². The van der Waals surface area contributed by atoms with E-state index in [2.05, 4.69) is 4.98 Å². The molecule has 0 aliphatic heterocycles. The molecule has 6 heteroatoms. The molecule has 4 N–H and O–H groups in total. The number of hydrogen-bond acceptors (Lipinski definition) is 4. The molecule has 0 atom stereocenters. The Morgan fingerprint density at radius 2 is 2.00 bits per heavy atom. The van der Waals surface area contributed by atoms with Crippen molar-refractivity contribution in [3.63, 3.8) is 0 Å². The fourth-order valence-corrected chi connectivity index (χ4v) is 2.92. The Labute approximate surface area is 119 Å². The van der Waals surface area contributed by atoms with Crippen LogP contribution in [0.25, 0.3) is 0 Å². The number of H-pyrrole nitrogens is 1. The van der Waals surface area contributed by atoms with Crippen molar-refractivity contribution in [2.45, 2.75) is 23.1 Å². The molecule has 1 aromatic carbocycles. The van der Waals surface area contributed by atoms with E-state index in [0.29, 0.717) is 16.2 Å². The second kappa shape index (κ2) is 5.83. The van der Waals surface area contributed by atoms with E-state index in [9.17, 15) is 9.59 Å². The van der Waals surface area contributed by atoms with E-state index >= 15 is 0 Å². The predicted molar refractivity (Wildman–Crippen MR) is 78.1 cm³/mol. The second-order valence-electron chi connectivity index (χ2n) is 4.29. The van der Waals surface area contributed by atoms with Gasteiger partial charge in [0.2, 0.25) is 0 Å². The summed E-state index contributed by atoms with van der Waals surface area (Å²) in [6, 6.07) is 9.38. The minimum atomic E-state index is -0.963. The van der Waals surface area contributed by atoms with Gasteiger partial charge in [-0.3, -0.25) is 9.59 Å².